The van der Waals surface area contributed by atoms with Gasteiger partial charge in [0.25, 0.3) is 0 Å². The third-order valence-corrected chi connectivity index (χ3v) is 12.2. The number of rotatable bonds is 9. The minimum atomic E-state index is -0.229. The Labute approximate surface area is 363 Å². The molecule has 6 heteroatoms. The quantitative estimate of drug-likeness (QED) is 0.145. The molecule has 1 aliphatic rings. The number of benzene rings is 7. The molecule has 0 saturated carbocycles. The molecule has 9 aromatic rings. The number of aryl methyl sites for hydroxylation is 2. The van der Waals surface area contributed by atoms with Crippen LogP contribution in [-0.2, 0) is 0 Å². The highest BCUT2D eigenvalue weighted by Gasteiger charge is 2.32. The molecule has 0 spiro atoms. The average molecular weight is 813 g/mol. The summed E-state index contributed by atoms with van der Waals surface area (Å²) < 4.78 is 23.7. The molecule has 0 aliphatic carbocycles. The van der Waals surface area contributed by atoms with Gasteiger partial charge in [0.2, 0.25) is 0 Å². The number of halogens is 1. The number of hydrogen-bond acceptors (Lipinski definition) is 4. The van der Waals surface area contributed by atoms with E-state index in [1.807, 2.05) is 18.3 Å². The Bertz CT molecular complexity index is 3130. The molecule has 0 bridgehead atoms. The van der Waals surface area contributed by atoms with Gasteiger partial charge in [0.05, 0.1) is 22.4 Å². The smallest absolute Gasteiger partial charge is 0.137 e. The van der Waals surface area contributed by atoms with Crippen LogP contribution in [0.2, 0.25) is 0 Å². The molecule has 0 saturated heterocycles. The Morgan fingerprint density at radius 3 is 1.92 bits per heavy atom. The highest BCUT2D eigenvalue weighted by atomic mass is 19.1. The summed E-state index contributed by atoms with van der Waals surface area (Å²) in [4.78, 5) is 9.68. The van der Waals surface area contributed by atoms with Crippen LogP contribution in [0.25, 0.3) is 49.9 Å². The number of anilines is 4. The number of aromatic nitrogens is 2. The van der Waals surface area contributed by atoms with Gasteiger partial charge in [0.15, 0.2) is 0 Å². The highest BCUT2D eigenvalue weighted by Crippen LogP contribution is 2.50. The Hall–Kier alpha value is -7.18. The van der Waals surface area contributed by atoms with Crippen molar-refractivity contribution in [2.24, 2.45) is 0 Å². The predicted molar refractivity (Wildman–Crippen MR) is 256 cm³/mol. The van der Waals surface area contributed by atoms with Crippen molar-refractivity contribution in [3.05, 3.63) is 192 Å². The molecule has 0 fully saturated rings. The van der Waals surface area contributed by atoms with E-state index in [0.717, 1.165) is 78.6 Å². The summed E-state index contributed by atoms with van der Waals surface area (Å²) in [6, 6.07) is 54.4. The molecule has 62 heavy (non-hydrogen) atoms. The van der Waals surface area contributed by atoms with Crippen LogP contribution in [0.15, 0.2) is 164 Å². The summed E-state index contributed by atoms with van der Waals surface area (Å²) >= 11 is 0. The van der Waals surface area contributed by atoms with E-state index in [-0.39, 0.29) is 17.7 Å². The van der Waals surface area contributed by atoms with Gasteiger partial charge in [0, 0.05) is 40.5 Å². The number of fused-ring (bicyclic) bond motifs is 4. The second-order valence-electron chi connectivity index (χ2n) is 17.2. The number of ether oxygens (including phenoxy) is 1. The summed E-state index contributed by atoms with van der Waals surface area (Å²) in [5, 5.41) is 2.31. The van der Waals surface area contributed by atoms with Crippen molar-refractivity contribution >= 4 is 44.6 Å². The molecule has 2 aromatic heterocycles. The molecule has 0 atom stereocenters. The first-order valence-electron chi connectivity index (χ1n) is 21.5. The van der Waals surface area contributed by atoms with Crippen molar-refractivity contribution in [2.75, 3.05) is 16.5 Å². The molecule has 1 aliphatic heterocycles. The first-order valence-corrected chi connectivity index (χ1v) is 21.5. The highest BCUT2D eigenvalue weighted by molar-refractivity contribution is 6.09. The standard InChI is InChI=1S/C56H49FN4O/c1-35(2)49-30-42(40-15-12-16-43(57)27-40)31-50(36(3)4)56(49)60-34-59(52-19-9-10-20-53(52)60)44-28-41(39-14-11-13-37(5)25-39)29-46(32-44)62-45-21-22-48-47-17-7-8-18-51(47)61(54(48)33-45)55-26-38(6)23-24-58-55/h7-33,35-36H,34H2,1-6H3. The van der Waals surface area contributed by atoms with Crippen LogP contribution >= 0.6 is 0 Å². The second kappa shape index (κ2) is 15.7. The van der Waals surface area contributed by atoms with E-state index in [0.29, 0.717) is 6.67 Å². The SMILES string of the molecule is Cc1cccc(-c2cc(Oc3ccc4c5ccccc5n(-c5cc(C)ccn5)c4c3)cc(N3CN(c4c(C(C)C)cc(-c5cccc(F)c5)cc4C(C)C)c4ccccc43)c2)c1. The molecule has 0 N–H and O–H groups in total. The first-order chi connectivity index (χ1) is 30.1. The van der Waals surface area contributed by atoms with Gasteiger partial charge in [-0.25, -0.2) is 9.37 Å². The van der Waals surface area contributed by atoms with Crippen molar-refractivity contribution in [3.8, 4) is 39.6 Å². The lowest BCUT2D eigenvalue weighted by molar-refractivity contribution is 0.483. The van der Waals surface area contributed by atoms with Crippen LogP contribution in [0, 0.1) is 19.7 Å². The molecule has 10 rings (SSSR count). The lowest BCUT2D eigenvalue weighted by Gasteiger charge is -2.30. The predicted octanol–water partition coefficient (Wildman–Crippen LogP) is 15.6. The fraction of sp³-hybridized carbons (Fsp3) is 0.161. The summed E-state index contributed by atoms with van der Waals surface area (Å²) in [6.07, 6.45) is 1.87. The molecule has 0 radical (unpaired) electrons. The van der Waals surface area contributed by atoms with Crippen LogP contribution in [-0.4, -0.2) is 16.2 Å². The zero-order valence-electron chi connectivity index (χ0n) is 36.0. The van der Waals surface area contributed by atoms with Gasteiger partial charge in [-0.15, -0.1) is 0 Å². The third-order valence-electron chi connectivity index (χ3n) is 12.2. The van der Waals surface area contributed by atoms with E-state index in [9.17, 15) is 4.39 Å². The Balaban J connectivity index is 1.10. The third kappa shape index (κ3) is 7.05. The monoisotopic (exact) mass is 812 g/mol. The minimum absolute atomic E-state index is 0.222. The Kier molecular flexibility index (Phi) is 9.87. The summed E-state index contributed by atoms with van der Waals surface area (Å²) in [6.45, 7) is 13.8. The molecule has 306 valence electrons. The Morgan fingerprint density at radius 1 is 0.532 bits per heavy atom. The van der Waals surface area contributed by atoms with E-state index in [4.69, 9.17) is 9.72 Å². The van der Waals surface area contributed by atoms with Crippen LogP contribution in [0.3, 0.4) is 0 Å². The van der Waals surface area contributed by atoms with Gasteiger partial charge in [0.1, 0.15) is 29.8 Å². The molecule has 0 unspecified atom stereocenters. The average Bonchev–Trinajstić information content (AvgIpc) is 3.82. The second-order valence-corrected chi connectivity index (χ2v) is 17.2. The lowest BCUT2D eigenvalue weighted by Crippen LogP contribution is -2.26. The van der Waals surface area contributed by atoms with E-state index in [1.165, 1.54) is 33.8 Å². The molecule has 7 aromatic carbocycles. The first kappa shape index (κ1) is 39.0. The van der Waals surface area contributed by atoms with E-state index >= 15 is 0 Å². The lowest BCUT2D eigenvalue weighted by atomic mass is 9.87. The van der Waals surface area contributed by atoms with E-state index < -0.39 is 0 Å². The summed E-state index contributed by atoms with van der Waals surface area (Å²) in [5.74, 6) is 2.58. The summed E-state index contributed by atoms with van der Waals surface area (Å²) in [7, 11) is 0. The maximum Gasteiger partial charge on any atom is 0.137 e. The topological polar surface area (TPSA) is 33.5 Å². The largest absolute Gasteiger partial charge is 0.457 e. The zero-order chi connectivity index (χ0) is 42.6. The van der Waals surface area contributed by atoms with Gasteiger partial charge < -0.3 is 14.5 Å². The number of nitrogens with zero attached hydrogens (tertiary/aromatic N) is 4. The van der Waals surface area contributed by atoms with Crippen molar-refractivity contribution < 1.29 is 9.13 Å². The van der Waals surface area contributed by atoms with Crippen LogP contribution in [0.4, 0.5) is 27.1 Å². The molecule has 5 nitrogen and oxygen atoms in total. The van der Waals surface area contributed by atoms with Gasteiger partial charge in [-0.1, -0.05) is 100.0 Å². The van der Waals surface area contributed by atoms with E-state index in [1.54, 1.807) is 12.1 Å². The van der Waals surface area contributed by atoms with E-state index in [2.05, 4.69) is 183 Å². The fourth-order valence-corrected chi connectivity index (χ4v) is 9.16. The minimum Gasteiger partial charge on any atom is -0.457 e. The normalized spacial score (nSPS) is 12.6. The van der Waals surface area contributed by atoms with Crippen molar-refractivity contribution in [1.29, 1.82) is 0 Å². The van der Waals surface area contributed by atoms with Gasteiger partial charge in [-0.05, 0) is 143 Å². The van der Waals surface area contributed by atoms with Gasteiger partial charge >= 0.3 is 0 Å². The maximum atomic E-state index is 14.5. The maximum absolute atomic E-state index is 14.5. The van der Waals surface area contributed by atoms with Crippen LogP contribution in [0.5, 0.6) is 11.5 Å². The molecule has 3 heterocycles. The number of pyridine rings is 1. The number of hydrogen-bond donors (Lipinski definition) is 0. The molecular formula is C56H49FN4O. The molecular weight excluding hydrogens is 764 g/mol. The van der Waals surface area contributed by atoms with Crippen LogP contribution < -0.4 is 14.5 Å². The number of para-hydroxylation sites is 3. The van der Waals surface area contributed by atoms with Gasteiger partial charge in [-0.2, -0.15) is 0 Å². The zero-order valence-corrected chi connectivity index (χ0v) is 36.0. The Morgan fingerprint density at radius 2 is 1.19 bits per heavy atom. The van der Waals surface area contributed by atoms with Crippen molar-refractivity contribution in [1.82, 2.24) is 9.55 Å². The van der Waals surface area contributed by atoms with Crippen molar-refractivity contribution in [3.63, 3.8) is 0 Å². The summed E-state index contributed by atoms with van der Waals surface area (Å²) in [5.41, 5.74) is 15.6. The van der Waals surface area contributed by atoms with Gasteiger partial charge in [-0.3, -0.25) is 4.57 Å². The van der Waals surface area contributed by atoms with Crippen molar-refractivity contribution in [2.45, 2.75) is 53.4 Å². The fourth-order valence-electron chi connectivity index (χ4n) is 9.16. The molecule has 0 amide bonds. The van der Waals surface area contributed by atoms with Crippen LogP contribution in [0.1, 0.15) is 61.8 Å².